The molecule has 3 aliphatic rings. The van der Waals surface area contributed by atoms with Gasteiger partial charge in [-0.05, 0) is 38.8 Å². The van der Waals surface area contributed by atoms with Gasteiger partial charge in [0.1, 0.15) is 12.1 Å². The van der Waals surface area contributed by atoms with Crippen LogP contribution >= 0.6 is 0 Å². The van der Waals surface area contributed by atoms with Gasteiger partial charge in [0.25, 0.3) is 0 Å². The molecular weight excluding hydrogens is 420 g/mol. The zero-order valence-corrected chi connectivity index (χ0v) is 17.6. The van der Waals surface area contributed by atoms with Crippen molar-refractivity contribution in [3.63, 3.8) is 0 Å². The van der Waals surface area contributed by atoms with Crippen molar-refractivity contribution < 1.29 is 31.6 Å². The first-order chi connectivity index (χ1) is 14.1. The Morgan fingerprint density at radius 3 is 2.77 bits per heavy atom. The van der Waals surface area contributed by atoms with Crippen molar-refractivity contribution >= 4 is 16.4 Å². The fraction of sp³-hybridized carbons (Fsp3) is 0.812. The van der Waals surface area contributed by atoms with E-state index in [1.165, 1.54) is 4.90 Å². The van der Waals surface area contributed by atoms with Crippen LogP contribution < -0.4 is 5.32 Å². The molecule has 30 heavy (non-hydrogen) atoms. The van der Waals surface area contributed by atoms with Crippen molar-refractivity contribution in [1.29, 1.82) is 0 Å². The second kappa shape index (κ2) is 7.69. The smallest absolute Gasteiger partial charge is 0.418 e. The second-order valence-electron chi connectivity index (χ2n) is 8.36. The second-order valence-corrected chi connectivity index (χ2v) is 9.37. The molecule has 168 valence electrons. The monoisotopic (exact) mass is 446 g/mol. The number of hydrogen-bond donors (Lipinski definition) is 3. The summed E-state index contributed by atoms with van der Waals surface area (Å²) in [6, 6.07) is -1.71. The van der Waals surface area contributed by atoms with Gasteiger partial charge in [-0.3, -0.25) is 4.55 Å². The Bertz CT molecular complexity index is 902. The maximum absolute atomic E-state index is 12.7. The Morgan fingerprint density at radius 1 is 1.40 bits per heavy atom. The molecule has 1 aromatic heterocycles. The summed E-state index contributed by atoms with van der Waals surface area (Å²) in [6.07, 6.45) is 1.10. The van der Waals surface area contributed by atoms with Crippen LogP contribution in [0.1, 0.15) is 43.2 Å². The zero-order chi connectivity index (χ0) is 21.7. The molecule has 1 spiro atoms. The molecule has 3 fully saturated rings. The minimum atomic E-state index is -4.82. The fourth-order valence-electron chi connectivity index (χ4n) is 4.18. The van der Waals surface area contributed by atoms with Gasteiger partial charge in [-0.2, -0.15) is 13.5 Å². The van der Waals surface area contributed by atoms with E-state index in [1.807, 2.05) is 19.0 Å². The Kier molecular flexibility index (Phi) is 5.48. The molecule has 2 saturated heterocycles. The highest BCUT2D eigenvalue weighted by Crippen LogP contribution is 2.61. The number of amides is 2. The maximum Gasteiger partial charge on any atom is 0.418 e. The topological polar surface area (TPSA) is 162 Å². The van der Waals surface area contributed by atoms with Gasteiger partial charge >= 0.3 is 16.4 Å². The molecule has 2 aliphatic heterocycles. The van der Waals surface area contributed by atoms with Gasteiger partial charge in [0.05, 0.1) is 6.04 Å². The summed E-state index contributed by atoms with van der Waals surface area (Å²) in [5.41, 5.74) is -0.320. The third-order valence-electron chi connectivity index (χ3n) is 5.94. The van der Waals surface area contributed by atoms with Crippen molar-refractivity contribution in [3.05, 3.63) is 11.8 Å². The summed E-state index contributed by atoms with van der Waals surface area (Å²) in [6.45, 7) is 1.96. The number of nitrogens with one attached hydrogen (secondary N) is 1. The van der Waals surface area contributed by atoms with Crippen LogP contribution in [0.4, 0.5) is 4.79 Å². The number of carbonyl (C=O) groups is 1. The summed E-state index contributed by atoms with van der Waals surface area (Å²) in [4.78, 5) is 16.1. The Balaban J connectivity index is 1.46. The number of carbonyl (C=O) groups excluding carboxylic acids is 1. The van der Waals surface area contributed by atoms with Crippen molar-refractivity contribution in [3.8, 4) is 0 Å². The predicted molar refractivity (Wildman–Crippen MR) is 100 cm³/mol. The lowest BCUT2D eigenvalue weighted by Gasteiger charge is -2.34. The van der Waals surface area contributed by atoms with Crippen molar-refractivity contribution in [2.75, 3.05) is 40.3 Å². The molecule has 1 unspecified atom stereocenters. The normalized spacial score (nSPS) is 26.1. The van der Waals surface area contributed by atoms with Crippen LogP contribution in [0, 0.1) is 5.41 Å². The van der Waals surface area contributed by atoms with Crippen LogP contribution in [0.2, 0.25) is 0 Å². The fourth-order valence-corrected chi connectivity index (χ4v) is 4.55. The quantitative estimate of drug-likeness (QED) is 0.325. The lowest BCUT2D eigenvalue weighted by atomic mass is 9.85. The SMILES string of the molecule is CN(C)CCNCC(O)c1nnc([C@@H]2CC3(CC3)[C@@H]3CN2C(=O)N3OS(=O)(=O)O)o1. The lowest BCUT2D eigenvalue weighted by molar-refractivity contribution is -0.0530. The number of aliphatic hydroxyl groups is 1. The number of likely N-dealkylation sites (N-methyl/N-ethyl adjacent to an activating group) is 1. The largest absolute Gasteiger partial charge is 0.420 e. The number of aliphatic hydroxyl groups excluding tert-OH is 1. The number of hydroxylamine groups is 2. The van der Waals surface area contributed by atoms with E-state index in [0.29, 0.717) is 13.0 Å². The maximum atomic E-state index is 12.7. The number of piperidine rings is 1. The molecule has 0 radical (unpaired) electrons. The molecule has 3 N–H and O–H groups in total. The van der Waals surface area contributed by atoms with Crippen molar-refractivity contribution in [2.24, 2.45) is 5.41 Å². The number of nitrogens with zero attached hydrogens (tertiary/aromatic N) is 5. The van der Waals surface area contributed by atoms with Crippen LogP contribution in [-0.2, 0) is 14.7 Å². The highest BCUT2D eigenvalue weighted by molar-refractivity contribution is 7.80. The average molecular weight is 446 g/mol. The Labute approximate surface area is 173 Å². The summed E-state index contributed by atoms with van der Waals surface area (Å²) >= 11 is 0. The van der Waals surface area contributed by atoms with E-state index in [-0.39, 0.29) is 30.3 Å². The van der Waals surface area contributed by atoms with Gasteiger partial charge in [-0.1, -0.05) is 0 Å². The third kappa shape index (κ3) is 4.15. The molecule has 0 aromatic carbocycles. The molecule has 3 atom stereocenters. The number of hydrogen-bond acceptors (Lipinski definition) is 10. The van der Waals surface area contributed by atoms with Gasteiger partial charge < -0.3 is 24.6 Å². The number of aromatic nitrogens is 2. The highest BCUT2D eigenvalue weighted by Gasteiger charge is 2.64. The van der Waals surface area contributed by atoms with Gasteiger partial charge in [0.2, 0.25) is 11.8 Å². The van der Waals surface area contributed by atoms with E-state index >= 15 is 0 Å². The first-order valence-corrected chi connectivity index (χ1v) is 11.1. The van der Waals surface area contributed by atoms with E-state index in [0.717, 1.165) is 24.4 Å². The number of urea groups is 1. The molecule has 2 amide bonds. The Morgan fingerprint density at radius 2 is 2.13 bits per heavy atom. The molecule has 3 heterocycles. The first-order valence-electron chi connectivity index (χ1n) is 9.73. The van der Waals surface area contributed by atoms with Crippen molar-refractivity contribution in [1.82, 2.24) is 30.4 Å². The Hall–Kier alpha value is -1.84. The first kappa shape index (κ1) is 21.4. The zero-order valence-electron chi connectivity index (χ0n) is 16.8. The number of rotatable bonds is 9. The van der Waals surface area contributed by atoms with Gasteiger partial charge in [0, 0.05) is 26.2 Å². The molecule has 1 aromatic rings. The molecular formula is C16H26N6O7S. The summed E-state index contributed by atoms with van der Waals surface area (Å²) < 4.78 is 41.6. The van der Waals surface area contributed by atoms with E-state index in [9.17, 15) is 18.3 Å². The molecule has 4 rings (SSSR count). The van der Waals surface area contributed by atoms with Gasteiger partial charge in [0.15, 0.2) is 0 Å². The van der Waals surface area contributed by atoms with Gasteiger partial charge in [-0.15, -0.1) is 14.5 Å². The third-order valence-corrected chi connectivity index (χ3v) is 6.29. The number of fused-ring (bicyclic) bond motifs is 3. The van der Waals surface area contributed by atoms with E-state index in [1.54, 1.807) is 0 Å². The van der Waals surface area contributed by atoms with Gasteiger partial charge in [-0.25, -0.2) is 4.79 Å². The van der Waals surface area contributed by atoms with Crippen LogP contribution in [0.15, 0.2) is 4.42 Å². The summed E-state index contributed by atoms with van der Waals surface area (Å²) in [5.74, 6) is 0.233. The van der Waals surface area contributed by atoms with Crippen LogP contribution in [0.5, 0.6) is 0 Å². The molecule has 13 nitrogen and oxygen atoms in total. The highest BCUT2D eigenvalue weighted by atomic mass is 32.3. The average Bonchev–Trinajstić information content (AvgIpc) is 3.14. The minimum Gasteiger partial charge on any atom is -0.420 e. The van der Waals surface area contributed by atoms with Crippen LogP contribution in [0.25, 0.3) is 0 Å². The predicted octanol–water partition coefficient (Wildman–Crippen LogP) is -0.680. The van der Waals surface area contributed by atoms with Crippen LogP contribution in [-0.4, -0.2) is 95.5 Å². The van der Waals surface area contributed by atoms with Crippen molar-refractivity contribution in [2.45, 2.75) is 37.5 Å². The van der Waals surface area contributed by atoms with Crippen LogP contribution in [0.3, 0.4) is 0 Å². The summed E-state index contributed by atoms with van der Waals surface area (Å²) in [7, 11) is -0.923. The minimum absolute atomic E-state index is 0.0482. The molecule has 2 bridgehead atoms. The van der Waals surface area contributed by atoms with E-state index < -0.39 is 34.6 Å². The summed E-state index contributed by atoms with van der Waals surface area (Å²) in [5, 5.41) is 22.1. The van der Waals surface area contributed by atoms with E-state index in [2.05, 4.69) is 19.8 Å². The molecule has 1 aliphatic carbocycles. The molecule has 14 heteroatoms. The standard InChI is InChI=1S/C16H26N6O7S/c1-20(2)6-5-17-8-11(23)14-19-18-13(28-14)10-7-16(3-4-16)12-9-21(10)15(24)22(12)29-30(25,26)27/h10-12,17,23H,3-9H2,1-2H3,(H,25,26,27)/t10-,11?,12-/m0/s1. The lowest BCUT2D eigenvalue weighted by Crippen LogP contribution is -2.43. The molecule has 1 saturated carbocycles. The van der Waals surface area contributed by atoms with E-state index in [4.69, 9.17) is 8.97 Å².